The van der Waals surface area contributed by atoms with Gasteiger partial charge in [-0.15, -0.1) is 0 Å². The summed E-state index contributed by atoms with van der Waals surface area (Å²) in [4.78, 5) is 0. The Balaban J connectivity index is 2.86. The van der Waals surface area contributed by atoms with E-state index in [9.17, 15) is 9.67 Å². The Bertz CT molecular complexity index is 444. The minimum absolute atomic E-state index is 0.0997. The largest absolute Gasteiger partial charge is 0.504 e. The SMILES string of the molecule is COc1cc(COP(C)(=O)OC)cc(C)c1O. The van der Waals surface area contributed by atoms with Crippen LogP contribution in [-0.4, -0.2) is 26.0 Å². The first kappa shape index (κ1) is 14.0. The summed E-state index contributed by atoms with van der Waals surface area (Å²) in [7, 11) is -0.185. The van der Waals surface area contributed by atoms with Crippen LogP contribution in [0.15, 0.2) is 12.1 Å². The van der Waals surface area contributed by atoms with Crippen LogP contribution >= 0.6 is 7.60 Å². The molecule has 17 heavy (non-hydrogen) atoms. The molecule has 0 spiro atoms. The van der Waals surface area contributed by atoms with E-state index in [1.807, 2.05) is 0 Å². The molecule has 1 atom stereocenters. The second kappa shape index (κ2) is 5.54. The third kappa shape index (κ3) is 3.73. The van der Waals surface area contributed by atoms with Crippen molar-refractivity contribution in [2.45, 2.75) is 13.5 Å². The van der Waals surface area contributed by atoms with Gasteiger partial charge in [0.05, 0.1) is 13.7 Å². The molecule has 0 radical (unpaired) electrons. The van der Waals surface area contributed by atoms with Gasteiger partial charge in [-0.05, 0) is 30.2 Å². The number of hydrogen-bond donors (Lipinski definition) is 1. The van der Waals surface area contributed by atoms with Crippen molar-refractivity contribution >= 4 is 7.60 Å². The van der Waals surface area contributed by atoms with E-state index in [4.69, 9.17) is 13.8 Å². The van der Waals surface area contributed by atoms with Crippen LogP contribution in [0.3, 0.4) is 0 Å². The van der Waals surface area contributed by atoms with Crippen LogP contribution in [0.25, 0.3) is 0 Å². The van der Waals surface area contributed by atoms with E-state index in [2.05, 4.69) is 0 Å². The molecule has 0 heterocycles. The number of hydrogen-bond acceptors (Lipinski definition) is 5. The molecule has 1 N–H and O–H groups in total. The van der Waals surface area contributed by atoms with Gasteiger partial charge in [-0.2, -0.15) is 0 Å². The predicted molar refractivity (Wildman–Crippen MR) is 64.7 cm³/mol. The molecule has 0 aliphatic heterocycles. The minimum atomic E-state index is -2.99. The van der Waals surface area contributed by atoms with Crippen LogP contribution in [0, 0.1) is 6.92 Å². The Labute approximate surface area is 101 Å². The van der Waals surface area contributed by atoms with Gasteiger partial charge in [0.25, 0.3) is 0 Å². The first-order valence-corrected chi connectivity index (χ1v) is 7.03. The molecule has 5 nitrogen and oxygen atoms in total. The van der Waals surface area contributed by atoms with E-state index >= 15 is 0 Å². The Morgan fingerprint density at radius 1 is 1.35 bits per heavy atom. The number of phenols is 1. The van der Waals surface area contributed by atoms with E-state index in [1.54, 1.807) is 19.1 Å². The lowest BCUT2D eigenvalue weighted by atomic mass is 10.1. The third-order valence-corrected chi connectivity index (χ3v) is 3.60. The maximum atomic E-state index is 11.5. The summed E-state index contributed by atoms with van der Waals surface area (Å²) in [6, 6.07) is 3.38. The standard InChI is InChI=1S/C11H17O5P/c1-8-5-9(6-10(14-2)11(8)12)7-16-17(4,13)15-3/h5-6,12H,7H2,1-4H3. The monoisotopic (exact) mass is 260 g/mol. The molecule has 1 aromatic rings. The predicted octanol–water partition coefficient (Wildman–Crippen LogP) is 2.70. The number of benzene rings is 1. The summed E-state index contributed by atoms with van der Waals surface area (Å²) in [6.07, 6.45) is 0. The number of aromatic hydroxyl groups is 1. The molecule has 0 amide bonds. The van der Waals surface area contributed by atoms with Crippen LogP contribution in [-0.2, 0) is 20.2 Å². The average Bonchev–Trinajstić information content (AvgIpc) is 2.30. The molecule has 1 unspecified atom stereocenters. The zero-order valence-corrected chi connectivity index (χ0v) is 11.3. The lowest BCUT2D eigenvalue weighted by Crippen LogP contribution is -1.95. The van der Waals surface area contributed by atoms with Gasteiger partial charge < -0.3 is 18.9 Å². The topological polar surface area (TPSA) is 65.0 Å². The lowest BCUT2D eigenvalue weighted by Gasteiger charge is -2.13. The first-order chi connectivity index (χ1) is 7.89. The van der Waals surface area contributed by atoms with E-state index in [1.165, 1.54) is 20.9 Å². The Kier molecular flexibility index (Phi) is 4.57. The van der Waals surface area contributed by atoms with Crippen molar-refractivity contribution in [3.8, 4) is 11.5 Å². The molecule has 0 aliphatic rings. The lowest BCUT2D eigenvalue weighted by molar-refractivity contribution is 0.230. The Hall–Kier alpha value is -1.03. The molecular formula is C11H17O5P. The molecular weight excluding hydrogens is 243 g/mol. The molecule has 1 aromatic carbocycles. The van der Waals surface area contributed by atoms with Crippen LogP contribution in [0.4, 0.5) is 0 Å². The molecule has 0 aromatic heterocycles. The average molecular weight is 260 g/mol. The zero-order chi connectivity index (χ0) is 13.1. The molecule has 0 saturated carbocycles. The van der Waals surface area contributed by atoms with Crippen molar-refractivity contribution in [3.63, 3.8) is 0 Å². The number of methoxy groups -OCH3 is 1. The van der Waals surface area contributed by atoms with Crippen molar-refractivity contribution in [2.75, 3.05) is 20.9 Å². The molecule has 0 fully saturated rings. The fourth-order valence-electron chi connectivity index (χ4n) is 1.30. The summed E-state index contributed by atoms with van der Waals surface area (Å²) in [5, 5.41) is 9.65. The number of phenolic OH excluding ortho intramolecular Hbond substituents is 1. The highest BCUT2D eigenvalue weighted by atomic mass is 31.2. The molecule has 0 bridgehead atoms. The zero-order valence-electron chi connectivity index (χ0n) is 10.4. The summed E-state index contributed by atoms with van der Waals surface area (Å²) in [5.41, 5.74) is 1.43. The van der Waals surface area contributed by atoms with Gasteiger partial charge in [0.15, 0.2) is 11.5 Å². The second-order valence-corrected chi connectivity index (χ2v) is 5.86. The molecule has 0 aliphatic carbocycles. The number of ether oxygens (including phenoxy) is 1. The van der Waals surface area contributed by atoms with Gasteiger partial charge in [-0.25, -0.2) is 0 Å². The van der Waals surface area contributed by atoms with Crippen molar-refractivity contribution in [3.05, 3.63) is 23.3 Å². The highest BCUT2D eigenvalue weighted by molar-refractivity contribution is 7.52. The van der Waals surface area contributed by atoms with E-state index in [-0.39, 0.29) is 12.4 Å². The molecule has 1 rings (SSSR count). The van der Waals surface area contributed by atoms with Crippen LogP contribution in [0.5, 0.6) is 11.5 Å². The van der Waals surface area contributed by atoms with Gasteiger partial charge in [-0.3, -0.25) is 4.57 Å². The Morgan fingerprint density at radius 3 is 2.53 bits per heavy atom. The van der Waals surface area contributed by atoms with Crippen molar-refractivity contribution in [1.82, 2.24) is 0 Å². The summed E-state index contributed by atoms with van der Waals surface area (Å²) < 4.78 is 26.4. The summed E-state index contributed by atoms with van der Waals surface area (Å²) in [6.45, 7) is 3.29. The van der Waals surface area contributed by atoms with E-state index in [0.29, 0.717) is 11.3 Å². The van der Waals surface area contributed by atoms with Crippen LogP contribution in [0.2, 0.25) is 0 Å². The third-order valence-electron chi connectivity index (χ3n) is 2.34. The maximum absolute atomic E-state index is 11.5. The van der Waals surface area contributed by atoms with Crippen LogP contribution < -0.4 is 4.74 Å². The van der Waals surface area contributed by atoms with Crippen molar-refractivity contribution in [1.29, 1.82) is 0 Å². The molecule has 96 valence electrons. The highest BCUT2D eigenvalue weighted by Gasteiger charge is 2.15. The quantitative estimate of drug-likeness (QED) is 0.824. The molecule has 0 saturated heterocycles. The summed E-state index contributed by atoms with van der Waals surface area (Å²) in [5.74, 6) is 0.467. The van der Waals surface area contributed by atoms with Gasteiger partial charge in [0.1, 0.15) is 0 Å². The maximum Gasteiger partial charge on any atom is 0.327 e. The smallest absolute Gasteiger partial charge is 0.327 e. The second-order valence-electron chi connectivity index (χ2n) is 3.69. The van der Waals surface area contributed by atoms with E-state index < -0.39 is 7.60 Å². The molecule has 6 heteroatoms. The minimum Gasteiger partial charge on any atom is -0.504 e. The van der Waals surface area contributed by atoms with Crippen molar-refractivity contribution in [2.24, 2.45) is 0 Å². The highest BCUT2D eigenvalue weighted by Crippen LogP contribution is 2.44. The van der Waals surface area contributed by atoms with E-state index in [0.717, 1.165) is 5.56 Å². The summed E-state index contributed by atoms with van der Waals surface area (Å²) >= 11 is 0. The number of rotatable bonds is 5. The van der Waals surface area contributed by atoms with Gasteiger partial charge in [0, 0.05) is 13.8 Å². The van der Waals surface area contributed by atoms with Gasteiger partial charge in [0.2, 0.25) is 0 Å². The van der Waals surface area contributed by atoms with Gasteiger partial charge >= 0.3 is 7.60 Å². The first-order valence-electron chi connectivity index (χ1n) is 5.04. The number of aryl methyl sites for hydroxylation is 1. The normalized spacial score (nSPS) is 14.4. The van der Waals surface area contributed by atoms with Crippen LogP contribution in [0.1, 0.15) is 11.1 Å². The fraction of sp³-hybridized carbons (Fsp3) is 0.455. The van der Waals surface area contributed by atoms with Crippen molar-refractivity contribution < 1.29 is 23.5 Å². The Morgan fingerprint density at radius 2 is 2.00 bits per heavy atom. The van der Waals surface area contributed by atoms with Gasteiger partial charge in [-0.1, -0.05) is 0 Å². The fourth-order valence-corrected chi connectivity index (χ4v) is 1.79.